The van der Waals surface area contributed by atoms with E-state index in [2.05, 4.69) is 19.7 Å². The summed E-state index contributed by atoms with van der Waals surface area (Å²) in [6, 6.07) is 3.77. The van der Waals surface area contributed by atoms with Crippen LogP contribution in [0.5, 0.6) is 0 Å². The first kappa shape index (κ1) is 30.0. The third kappa shape index (κ3) is 7.64. The van der Waals surface area contributed by atoms with Crippen LogP contribution in [0.3, 0.4) is 0 Å². The SMILES string of the molecule is CS(=O)(=O)OCCS(=O)(=O)c1ccc(N=Nc2cc(S(C)(=O)=O)c(N)c(NN=O)c2N)c(S(C)(=O)=O)c1. The lowest BCUT2D eigenvalue weighted by Gasteiger charge is -2.13. The highest BCUT2D eigenvalue weighted by Crippen LogP contribution is 2.41. The second-order valence-corrected chi connectivity index (χ2v) is 15.2. The highest BCUT2D eigenvalue weighted by Gasteiger charge is 2.23. The number of nitrogens with zero attached hydrogens (tertiary/aromatic N) is 3. The molecule has 0 bridgehead atoms. The minimum atomic E-state index is -4.17. The van der Waals surface area contributed by atoms with E-state index in [-0.39, 0.29) is 22.7 Å². The van der Waals surface area contributed by atoms with Crippen LogP contribution in [-0.2, 0) is 43.8 Å². The van der Waals surface area contributed by atoms with Gasteiger partial charge >= 0.3 is 0 Å². The Morgan fingerprint density at radius 3 is 1.89 bits per heavy atom. The summed E-state index contributed by atoms with van der Waals surface area (Å²) in [6.07, 6.45) is 2.35. The van der Waals surface area contributed by atoms with Gasteiger partial charge < -0.3 is 11.5 Å². The average Bonchev–Trinajstić information content (AvgIpc) is 2.73. The van der Waals surface area contributed by atoms with Crippen LogP contribution < -0.4 is 16.9 Å². The van der Waals surface area contributed by atoms with E-state index in [0.29, 0.717) is 0 Å². The standard InChI is InChI=1S/C17H22N6O10S4/c1-34(25,26)13-8-10(37(31,32)7-6-33-36(3,29)30)4-5-11(13)20-21-12-9-14(35(2,27)28)16(19)17(15(12)18)22-23-24/h4-5,8-9H,6-7,18-19H2,1-3H3,(H,22,24). The van der Waals surface area contributed by atoms with Gasteiger partial charge in [0.15, 0.2) is 29.5 Å². The maximum Gasteiger partial charge on any atom is 0.264 e. The third-order valence-electron chi connectivity index (χ3n) is 4.51. The Morgan fingerprint density at radius 2 is 1.38 bits per heavy atom. The number of nitrogen functional groups attached to an aromatic ring is 2. The Balaban J connectivity index is 2.62. The van der Waals surface area contributed by atoms with E-state index in [9.17, 15) is 38.6 Å². The number of nitrogens with two attached hydrogens (primary N) is 2. The third-order valence-corrected chi connectivity index (χ3v) is 9.04. The second-order valence-electron chi connectivity index (χ2n) is 7.52. The van der Waals surface area contributed by atoms with Crippen LogP contribution >= 0.6 is 0 Å². The fourth-order valence-electron chi connectivity index (χ4n) is 2.82. The molecule has 0 aromatic heterocycles. The molecule has 204 valence electrons. The van der Waals surface area contributed by atoms with Gasteiger partial charge in [0, 0.05) is 12.5 Å². The minimum Gasteiger partial charge on any atom is -0.396 e. The average molecular weight is 599 g/mol. The number of benzene rings is 2. The molecule has 0 fully saturated rings. The predicted octanol–water partition coefficient (Wildman–Crippen LogP) is 0.917. The summed E-state index contributed by atoms with van der Waals surface area (Å²) in [7, 11) is -16.1. The molecule has 2 aromatic carbocycles. The first-order valence-corrected chi connectivity index (χ1v) is 16.9. The molecule has 0 aliphatic rings. The van der Waals surface area contributed by atoms with Crippen molar-refractivity contribution in [1.29, 1.82) is 0 Å². The van der Waals surface area contributed by atoms with E-state index in [1.807, 2.05) is 5.43 Å². The van der Waals surface area contributed by atoms with Gasteiger partial charge in [0.1, 0.15) is 17.1 Å². The molecule has 0 heterocycles. The van der Waals surface area contributed by atoms with Gasteiger partial charge in [0.05, 0.1) is 50.0 Å². The van der Waals surface area contributed by atoms with Crippen molar-refractivity contribution in [2.24, 2.45) is 15.5 Å². The highest BCUT2D eigenvalue weighted by molar-refractivity contribution is 7.92. The van der Waals surface area contributed by atoms with Crippen LogP contribution in [0.15, 0.2) is 54.5 Å². The van der Waals surface area contributed by atoms with Gasteiger partial charge in [0.2, 0.25) is 0 Å². The van der Waals surface area contributed by atoms with Crippen molar-refractivity contribution in [2.75, 3.05) is 48.0 Å². The van der Waals surface area contributed by atoms with Crippen LogP contribution in [0.2, 0.25) is 0 Å². The maximum atomic E-state index is 12.5. The topological polar surface area (TPSA) is 264 Å². The molecule has 2 aromatic rings. The summed E-state index contributed by atoms with van der Waals surface area (Å²) in [5.74, 6) is -0.763. The van der Waals surface area contributed by atoms with Gasteiger partial charge in [-0.15, -0.1) is 15.1 Å². The van der Waals surface area contributed by atoms with Crippen molar-refractivity contribution in [3.05, 3.63) is 29.2 Å². The number of rotatable bonds is 11. The number of azo groups is 1. The minimum absolute atomic E-state index is 0.324. The summed E-state index contributed by atoms with van der Waals surface area (Å²) >= 11 is 0. The van der Waals surface area contributed by atoms with Crippen molar-refractivity contribution in [2.45, 2.75) is 14.7 Å². The van der Waals surface area contributed by atoms with Crippen molar-refractivity contribution in [1.82, 2.24) is 0 Å². The van der Waals surface area contributed by atoms with Crippen LogP contribution in [0.4, 0.5) is 28.4 Å². The quantitative estimate of drug-likeness (QED) is 0.107. The number of anilines is 3. The normalized spacial score (nSPS) is 13.1. The Kier molecular flexibility index (Phi) is 8.64. The lowest BCUT2D eigenvalue weighted by atomic mass is 10.2. The zero-order valence-corrected chi connectivity index (χ0v) is 22.7. The molecule has 5 N–H and O–H groups in total. The zero-order chi connectivity index (χ0) is 28.4. The molecule has 0 saturated carbocycles. The molecule has 0 aliphatic heterocycles. The van der Waals surface area contributed by atoms with Gasteiger partial charge in [-0.05, 0) is 24.3 Å². The molecule has 2 rings (SSSR count). The number of hydrogen-bond acceptors (Lipinski definition) is 15. The fourth-order valence-corrected chi connectivity index (χ4v) is 6.15. The summed E-state index contributed by atoms with van der Waals surface area (Å²) in [6.45, 7) is -0.693. The first-order chi connectivity index (χ1) is 16.8. The molecule has 37 heavy (non-hydrogen) atoms. The molecule has 0 unspecified atom stereocenters. The van der Waals surface area contributed by atoms with Gasteiger partial charge in [-0.3, -0.25) is 4.18 Å². The molecule has 20 heteroatoms. The zero-order valence-electron chi connectivity index (χ0n) is 19.4. The fraction of sp³-hybridized carbons (Fsp3) is 0.294. The Hall–Kier alpha value is -3.20. The highest BCUT2D eigenvalue weighted by atomic mass is 32.2. The summed E-state index contributed by atoms with van der Waals surface area (Å²) < 4.78 is 100. The van der Waals surface area contributed by atoms with Gasteiger partial charge in [-0.25, -0.2) is 30.7 Å². The van der Waals surface area contributed by atoms with Gasteiger partial charge in [-0.1, -0.05) is 0 Å². The van der Waals surface area contributed by atoms with Crippen molar-refractivity contribution >= 4 is 68.1 Å². The molecular formula is C17H22N6O10S4. The van der Waals surface area contributed by atoms with Crippen molar-refractivity contribution in [3.63, 3.8) is 0 Å². The lowest BCUT2D eigenvalue weighted by molar-refractivity contribution is 0.343. The van der Waals surface area contributed by atoms with E-state index < -0.39 is 72.4 Å². The summed E-state index contributed by atoms with van der Waals surface area (Å²) in [5.41, 5.74) is 11.8. The molecule has 0 radical (unpaired) electrons. The molecule has 0 spiro atoms. The Morgan fingerprint density at radius 1 is 0.811 bits per heavy atom. The van der Waals surface area contributed by atoms with Crippen molar-refractivity contribution < 1.29 is 37.9 Å². The van der Waals surface area contributed by atoms with E-state index >= 15 is 0 Å². The molecule has 0 aliphatic carbocycles. The Labute approximate surface area is 212 Å². The molecule has 0 amide bonds. The summed E-state index contributed by atoms with van der Waals surface area (Å²) in [4.78, 5) is 9.19. The lowest BCUT2D eigenvalue weighted by Crippen LogP contribution is -2.15. The number of hydrogen-bond donors (Lipinski definition) is 3. The van der Waals surface area contributed by atoms with Gasteiger partial charge in [0.25, 0.3) is 10.1 Å². The van der Waals surface area contributed by atoms with E-state index in [0.717, 1.165) is 43.0 Å². The number of sulfone groups is 3. The summed E-state index contributed by atoms with van der Waals surface area (Å²) in [5, 5.41) is 9.96. The van der Waals surface area contributed by atoms with Crippen LogP contribution in [0.25, 0.3) is 0 Å². The van der Waals surface area contributed by atoms with E-state index in [1.54, 1.807) is 0 Å². The molecule has 16 nitrogen and oxygen atoms in total. The monoisotopic (exact) mass is 598 g/mol. The molecule has 0 atom stereocenters. The number of nitroso groups, excluding NO2 is 1. The van der Waals surface area contributed by atoms with Crippen LogP contribution in [-0.4, -0.2) is 64.8 Å². The van der Waals surface area contributed by atoms with Crippen LogP contribution in [0, 0.1) is 4.91 Å². The Bertz CT molecular complexity index is 1700. The van der Waals surface area contributed by atoms with Crippen molar-refractivity contribution in [3.8, 4) is 0 Å². The predicted molar refractivity (Wildman–Crippen MR) is 134 cm³/mol. The second kappa shape index (κ2) is 10.7. The number of nitrogens with one attached hydrogen (secondary N) is 1. The first-order valence-electron chi connectivity index (χ1n) is 9.61. The van der Waals surface area contributed by atoms with Gasteiger partial charge in [-0.2, -0.15) is 8.42 Å². The smallest absolute Gasteiger partial charge is 0.264 e. The van der Waals surface area contributed by atoms with Crippen LogP contribution in [0.1, 0.15) is 0 Å². The van der Waals surface area contributed by atoms with E-state index in [1.165, 1.54) is 0 Å². The van der Waals surface area contributed by atoms with E-state index in [4.69, 9.17) is 11.5 Å². The molecule has 0 saturated heterocycles. The molecular weight excluding hydrogens is 576 g/mol. The maximum absolute atomic E-state index is 12.5. The largest absolute Gasteiger partial charge is 0.396 e.